The van der Waals surface area contributed by atoms with Gasteiger partial charge in [-0.15, -0.1) is 0 Å². The summed E-state index contributed by atoms with van der Waals surface area (Å²) in [5.41, 5.74) is 3.11. The average Bonchev–Trinajstić information content (AvgIpc) is 2.68. The van der Waals surface area contributed by atoms with Crippen LogP contribution in [-0.2, 0) is 16.0 Å². The number of nitrogens with zero attached hydrogens (tertiary/aromatic N) is 1. The van der Waals surface area contributed by atoms with Gasteiger partial charge in [-0.05, 0) is 29.5 Å². The highest BCUT2D eigenvalue weighted by molar-refractivity contribution is 5.80. The number of aliphatic carboxylic acids is 2. The molecule has 7 heteroatoms. The van der Waals surface area contributed by atoms with Gasteiger partial charge in [0.2, 0.25) is 0 Å². The standard InChI is InChI=1S/C22H26N2O5/c1-15(21(27)28)12-19(23-22(29)24(2)14-20(25)26)13-16-8-10-18(11-9-16)17-6-4-3-5-7-17/h3-11,15,19H,12-14H2,1-2H3,(H,23,29)(H,25,26)(H,27,28)/t15-,19?/m1/s1. The maximum atomic E-state index is 12.3. The summed E-state index contributed by atoms with van der Waals surface area (Å²) in [5.74, 6) is -2.70. The average molecular weight is 398 g/mol. The number of carbonyl (C=O) groups is 3. The molecule has 0 aliphatic rings. The Morgan fingerprint density at radius 3 is 2.10 bits per heavy atom. The summed E-state index contributed by atoms with van der Waals surface area (Å²) in [6.07, 6.45) is 0.682. The van der Waals surface area contributed by atoms with E-state index in [1.807, 2.05) is 54.6 Å². The van der Waals surface area contributed by atoms with Crippen LogP contribution in [0.4, 0.5) is 4.79 Å². The van der Waals surface area contributed by atoms with Crippen molar-refractivity contribution in [3.05, 3.63) is 60.2 Å². The molecule has 0 saturated carbocycles. The number of amides is 2. The second kappa shape index (κ2) is 10.3. The third-order valence-corrected chi connectivity index (χ3v) is 4.65. The lowest BCUT2D eigenvalue weighted by Gasteiger charge is -2.24. The molecule has 0 radical (unpaired) electrons. The fourth-order valence-electron chi connectivity index (χ4n) is 3.03. The van der Waals surface area contributed by atoms with Gasteiger partial charge in [0, 0.05) is 13.1 Å². The fourth-order valence-corrected chi connectivity index (χ4v) is 3.03. The third kappa shape index (κ3) is 6.95. The lowest BCUT2D eigenvalue weighted by molar-refractivity contribution is -0.141. The highest BCUT2D eigenvalue weighted by atomic mass is 16.4. The number of nitrogens with one attached hydrogen (secondary N) is 1. The molecule has 0 bridgehead atoms. The Morgan fingerprint density at radius 1 is 0.966 bits per heavy atom. The van der Waals surface area contributed by atoms with E-state index < -0.39 is 36.5 Å². The maximum absolute atomic E-state index is 12.3. The normalized spacial score (nSPS) is 12.6. The van der Waals surface area contributed by atoms with Crippen LogP contribution in [0.3, 0.4) is 0 Å². The molecule has 3 N–H and O–H groups in total. The van der Waals surface area contributed by atoms with E-state index >= 15 is 0 Å². The Kier molecular flexibility index (Phi) is 7.77. The quantitative estimate of drug-likeness (QED) is 0.602. The zero-order chi connectivity index (χ0) is 21.4. The van der Waals surface area contributed by atoms with E-state index in [-0.39, 0.29) is 6.42 Å². The Hall–Kier alpha value is -3.35. The molecule has 0 saturated heterocycles. The zero-order valence-electron chi connectivity index (χ0n) is 16.5. The first-order chi connectivity index (χ1) is 13.8. The van der Waals surface area contributed by atoms with Crippen LogP contribution in [0.15, 0.2) is 54.6 Å². The second-order valence-corrected chi connectivity index (χ2v) is 7.14. The van der Waals surface area contributed by atoms with Crippen molar-refractivity contribution in [1.82, 2.24) is 10.2 Å². The van der Waals surface area contributed by atoms with E-state index in [4.69, 9.17) is 5.11 Å². The number of hydrogen-bond acceptors (Lipinski definition) is 3. The molecule has 0 aliphatic carbocycles. The highest BCUT2D eigenvalue weighted by Gasteiger charge is 2.22. The van der Waals surface area contributed by atoms with Crippen molar-refractivity contribution in [2.45, 2.75) is 25.8 Å². The number of carbonyl (C=O) groups excluding carboxylic acids is 1. The van der Waals surface area contributed by atoms with Crippen LogP contribution in [0.1, 0.15) is 18.9 Å². The molecule has 0 aromatic heterocycles. The lowest BCUT2D eigenvalue weighted by atomic mass is 9.95. The van der Waals surface area contributed by atoms with Gasteiger partial charge in [-0.3, -0.25) is 9.59 Å². The van der Waals surface area contributed by atoms with Crippen LogP contribution in [0, 0.1) is 5.92 Å². The van der Waals surface area contributed by atoms with E-state index in [0.717, 1.165) is 21.6 Å². The van der Waals surface area contributed by atoms with E-state index in [0.29, 0.717) is 6.42 Å². The van der Waals surface area contributed by atoms with Crippen LogP contribution in [0.5, 0.6) is 0 Å². The molecule has 0 heterocycles. The minimum absolute atomic E-state index is 0.239. The van der Waals surface area contributed by atoms with Crippen molar-refractivity contribution >= 4 is 18.0 Å². The fraction of sp³-hybridized carbons (Fsp3) is 0.318. The first-order valence-corrected chi connectivity index (χ1v) is 9.37. The summed E-state index contributed by atoms with van der Waals surface area (Å²) < 4.78 is 0. The number of urea groups is 1. The van der Waals surface area contributed by atoms with Crippen molar-refractivity contribution in [2.75, 3.05) is 13.6 Å². The summed E-state index contributed by atoms with van der Waals surface area (Å²) in [6.45, 7) is 1.15. The number of carboxylic acid groups (broad SMARTS) is 2. The Balaban J connectivity index is 2.10. The van der Waals surface area contributed by atoms with Gasteiger partial charge < -0.3 is 20.4 Å². The van der Waals surface area contributed by atoms with Gasteiger partial charge in [0.15, 0.2) is 0 Å². The van der Waals surface area contributed by atoms with Gasteiger partial charge in [-0.2, -0.15) is 0 Å². The predicted octanol–water partition coefficient (Wildman–Crippen LogP) is 3.10. The highest BCUT2D eigenvalue weighted by Crippen LogP contribution is 2.20. The molecule has 0 aliphatic heterocycles. The number of carboxylic acids is 2. The summed E-state index contributed by atoms with van der Waals surface area (Å²) in [4.78, 5) is 35.4. The molecule has 2 aromatic rings. The molecule has 2 amide bonds. The summed E-state index contributed by atoms with van der Waals surface area (Å²) in [7, 11) is 1.38. The van der Waals surface area contributed by atoms with Crippen LogP contribution < -0.4 is 5.32 Å². The van der Waals surface area contributed by atoms with Crippen LogP contribution in [0.25, 0.3) is 11.1 Å². The molecule has 154 valence electrons. The third-order valence-electron chi connectivity index (χ3n) is 4.65. The van der Waals surface area contributed by atoms with E-state index in [9.17, 15) is 19.5 Å². The molecular formula is C22H26N2O5. The first-order valence-electron chi connectivity index (χ1n) is 9.37. The summed E-state index contributed by atoms with van der Waals surface area (Å²) >= 11 is 0. The topological polar surface area (TPSA) is 107 Å². The van der Waals surface area contributed by atoms with Gasteiger partial charge >= 0.3 is 18.0 Å². The molecule has 2 aromatic carbocycles. The zero-order valence-corrected chi connectivity index (χ0v) is 16.5. The minimum Gasteiger partial charge on any atom is -0.481 e. The van der Waals surface area contributed by atoms with Gasteiger partial charge in [0.25, 0.3) is 0 Å². The van der Waals surface area contributed by atoms with Crippen molar-refractivity contribution < 1.29 is 24.6 Å². The van der Waals surface area contributed by atoms with Crippen LogP contribution >= 0.6 is 0 Å². The number of rotatable bonds is 9. The van der Waals surface area contributed by atoms with Crippen molar-refractivity contribution in [3.8, 4) is 11.1 Å². The summed E-state index contributed by atoms with van der Waals surface area (Å²) in [5, 5.41) is 20.8. The van der Waals surface area contributed by atoms with E-state index in [2.05, 4.69) is 5.32 Å². The largest absolute Gasteiger partial charge is 0.481 e. The second-order valence-electron chi connectivity index (χ2n) is 7.14. The number of hydrogen-bond donors (Lipinski definition) is 3. The number of likely N-dealkylation sites (N-methyl/N-ethyl adjacent to an activating group) is 1. The Bertz CT molecular complexity index is 836. The molecular weight excluding hydrogens is 372 g/mol. The smallest absolute Gasteiger partial charge is 0.323 e. The van der Waals surface area contributed by atoms with Gasteiger partial charge in [-0.1, -0.05) is 61.5 Å². The lowest BCUT2D eigenvalue weighted by Crippen LogP contribution is -2.46. The van der Waals surface area contributed by atoms with E-state index in [1.54, 1.807) is 6.92 Å². The summed E-state index contributed by atoms with van der Waals surface area (Å²) in [6, 6.07) is 16.8. The van der Waals surface area contributed by atoms with Gasteiger partial charge in [-0.25, -0.2) is 4.79 Å². The molecule has 29 heavy (non-hydrogen) atoms. The predicted molar refractivity (Wildman–Crippen MR) is 110 cm³/mol. The number of benzene rings is 2. The molecule has 1 unspecified atom stereocenters. The Morgan fingerprint density at radius 2 is 1.55 bits per heavy atom. The Labute approximate surface area is 170 Å². The maximum Gasteiger partial charge on any atom is 0.323 e. The van der Waals surface area contributed by atoms with Crippen molar-refractivity contribution in [3.63, 3.8) is 0 Å². The van der Waals surface area contributed by atoms with Gasteiger partial charge in [0.05, 0.1) is 5.92 Å². The molecule has 2 atom stereocenters. The van der Waals surface area contributed by atoms with Crippen LogP contribution in [-0.4, -0.2) is 52.7 Å². The molecule has 0 spiro atoms. The van der Waals surface area contributed by atoms with Crippen molar-refractivity contribution in [1.29, 1.82) is 0 Å². The monoisotopic (exact) mass is 398 g/mol. The van der Waals surface area contributed by atoms with Crippen LogP contribution in [0.2, 0.25) is 0 Å². The minimum atomic E-state index is -1.12. The van der Waals surface area contributed by atoms with Crippen molar-refractivity contribution in [2.24, 2.45) is 5.92 Å². The molecule has 2 rings (SSSR count). The first kappa shape index (κ1) is 21.9. The van der Waals surface area contributed by atoms with Gasteiger partial charge in [0.1, 0.15) is 6.54 Å². The SMILES string of the molecule is C[C@H](CC(Cc1ccc(-c2ccccc2)cc1)NC(=O)N(C)CC(=O)O)C(=O)O. The molecule has 0 fully saturated rings. The molecule has 7 nitrogen and oxygen atoms in total. The van der Waals surface area contributed by atoms with E-state index in [1.165, 1.54) is 7.05 Å².